The Hall–Kier alpha value is -3.19. The SMILES string of the molecule is COC(=O)c1cnc2c(Cl)c(Cl)ccc2c1Nc1ccc(O[C@H]2O[C@H](CO)[C@@H](O)[C@@H](O)[C@@H]2NC(C)=O)cc1. The first kappa shape index (κ1) is 27.8. The minimum atomic E-state index is -1.44. The van der Waals surface area contributed by atoms with Crippen LogP contribution in [0.15, 0.2) is 42.6 Å². The van der Waals surface area contributed by atoms with Gasteiger partial charge in [0, 0.05) is 24.2 Å². The minimum absolute atomic E-state index is 0.176. The number of benzene rings is 2. The van der Waals surface area contributed by atoms with Crippen LogP contribution in [0.1, 0.15) is 17.3 Å². The summed E-state index contributed by atoms with van der Waals surface area (Å²) in [6.45, 7) is 0.687. The Bertz CT molecular complexity index is 1340. The van der Waals surface area contributed by atoms with Crippen LogP contribution in [0.25, 0.3) is 10.9 Å². The molecule has 0 radical (unpaired) electrons. The normalized spacial score (nSPS) is 23.1. The highest BCUT2D eigenvalue weighted by atomic mass is 35.5. The number of hydrogen-bond acceptors (Lipinski definition) is 10. The molecule has 1 amide bonds. The summed E-state index contributed by atoms with van der Waals surface area (Å²) in [5.74, 6) is -0.767. The van der Waals surface area contributed by atoms with Gasteiger partial charge < -0.3 is 40.2 Å². The third kappa shape index (κ3) is 5.63. The van der Waals surface area contributed by atoms with E-state index in [0.717, 1.165) is 0 Å². The number of anilines is 2. The average molecular weight is 566 g/mol. The number of rotatable bonds is 7. The Morgan fingerprint density at radius 2 is 1.82 bits per heavy atom. The van der Waals surface area contributed by atoms with Crippen molar-refractivity contribution in [3.63, 3.8) is 0 Å². The predicted molar refractivity (Wildman–Crippen MR) is 139 cm³/mol. The number of aromatic nitrogens is 1. The van der Waals surface area contributed by atoms with Crippen LogP contribution in [0.4, 0.5) is 11.4 Å². The van der Waals surface area contributed by atoms with Crippen LogP contribution in [-0.2, 0) is 14.3 Å². The third-order valence-electron chi connectivity index (χ3n) is 5.96. The molecule has 2 aromatic carbocycles. The fraction of sp³-hybridized carbons (Fsp3) is 0.320. The molecule has 11 nitrogen and oxygen atoms in total. The van der Waals surface area contributed by atoms with Crippen molar-refractivity contribution in [3.8, 4) is 5.75 Å². The number of hydrogen-bond donors (Lipinski definition) is 5. The quantitative estimate of drug-likeness (QED) is 0.269. The highest BCUT2D eigenvalue weighted by molar-refractivity contribution is 6.45. The Balaban J connectivity index is 1.61. The summed E-state index contributed by atoms with van der Waals surface area (Å²) in [6, 6.07) is 8.68. The zero-order valence-corrected chi connectivity index (χ0v) is 21.7. The number of fused-ring (bicyclic) bond motifs is 1. The molecule has 13 heteroatoms. The van der Waals surface area contributed by atoms with Gasteiger partial charge in [-0.2, -0.15) is 0 Å². The second-order valence-electron chi connectivity index (χ2n) is 8.50. The van der Waals surface area contributed by atoms with Crippen molar-refractivity contribution >= 4 is 57.4 Å². The van der Waals surface area contributed by atoms with Crippen molar-refractivity contribution in [3.05, 3.63) is 58.2 Å². The van der Waals surface area contributed by atoms with Crippen molar-refractivity contribution in [1.29, 1.82) is 0 Å². The zero-order chi connectivity index (χ0) is 27.6. The summed E-state index contributed by atoms with van der Waals surface area (Å²) in [6.07, 6.45) is -3.83. The van der Waals surface area contributed by atoms with E-state index in [1.807, 2.05) is 0 Å². The monoisotopic (exact) mass is 565 g/mol. The second-order valence-corrected chi connectivity index (χ2v) is 9.28. The van der Waals surface area contributed by atoms with Gasteiger partial charge in [-0.05, 0) is 36.4 Å². The van der Waals surface area contributed by atoms with Crippen LogP contribution in [0.3, 0.4) is 0 Å². The number of carbonyl (C=O) groups excluding carboxylic acids is 2. The molecule has 0 saturated carbocycles. The van der Waals surface area contributed by atoms with Crippen molar-refractivity contribution < 1.29 is 39.1 Å². The summed E-state index contributed by atoms with van der Waals surface area (Å²) in [4.78, 5) is 28.3. The second kappa shape index (κ2) is 11.7. The van der Waals surface area contributed by atoms with Gasteiger partial charge in [-0.25, -0.2) is 4.79 Å². The molecule has 38 heavy (non-hydrogen) atoms. The van der Waals surface area contributed by atoms with E-state index in [9.17, 15) is 24.9 Å². The van der Waals surface area contributed by atoms with Crippen LogP contribution in [0.2, 0.25) is 10.0 Å². The van der Waals surface area contributed by atoms with E-state index < -0.39 is 49.1 Å². The van der Waals surface area contributed by atoms with Crippen molar-refractivity contribution in [1.82, 2.24) is 10.3 Å². The Morgan fingerprint density at radius 3 is 2.45 bits per heavy atom. The lowest BCUT2D eigenvalue weighted by Gasteiger charge is -2.42. The molecule has 5 atom stereocenters. The van der Waals surface area contributed by atoms with Crippen molar-refractivity contribution in [2.75, 3.05) is 19.0 Å². The fourth-order valence-corrected chi connectivity index (χ4v) is 4.44. The summed E-state index contributed by atoms with van der Waals surface area (Å²) in [7, 11) is 1.26. The molecule has 1 saturated heterocycles. The lowest BCUT2D eigenvalue weighted by molar-refractivity contribution is -0.244. The molecule has 1 aliphatic heterocycles. The van der Waals surface area contributed by atoms with Gasteiger partial charge in [-0.3, -0.25) is 9.78 Å². The fourth-order valence-electron chi connectivity index (χ4n) is 4.07. The van der Waals surface area contributed by atoms with Crippen LogP contribution in [0.5, 0.6) is 5.75 Å². The molecule has 4 rings (SSSR count). The standard InChI is InChI=1S/C25H25Cl2N3O8/c1-11(32)29-21-23(34)22(33)17(10-31)38-25(21)37-13-5-3-12(4-6-13)30-19-14-7-8-16(26)18(27)20(14)28-9-15(19)24(35)36-2/h3-9,17,21-23,25,31,33-34H,10H2,1-2H3,(H,28,30)(H,29,32)/t17-,21+,22-,23+,25+/m1/s1. The molecule has 0 unspecified atom stereocenters. The maximum Gasteiger partial charge on any atom is 0.341 e. The highest BCUT2D eigenvalue weighted by Gasteiger charge is 2.46. The first-order chi connectivity index (χ1) is 18.1. The van der Waals surface area contributed by atoms with E-state index >= 15 is 0 Å². The van der Waals surface area contributed by atoms with Crippen LogP contribution < -0.4 is 15.4 Å². The van der Waals surface area contributed by atoms with Gasteiger partial charge >= 0.3 is 5.97 Å². The van der Waals surface area contributed by atoms with Gasteiger partial charge in [-0.1, -0.05) is 23.2 Å². The van der Waals surface area contributed by atoms with Crippen LogP contribution >= 0.6 is 23.2 Å². The smallest absolute Gasteiger partial charge is 0.341 e. The third-order valence-corrected chi connectivity index (χ3v) is 6.76. The Labute approximate surface area is 227 Å². The maximum absolute atomic E-state index is 12.4. The Morgan fingerprint density at radius 1 is 1.11 bits per heavy atom. The summed E-state index contributed by atoms with van der Waals surface area (Å²) < 4.78 is 16.3. The number of ether oxygens (including phenoxy) is 3. The highest BCUT2D eigenvalue weighted by Crippen LogP contribution is 2.36. The van der Waals surface area contributed by atoms with E-state index in [2.05, 4.69) is 15.6 Å². The van der Waals surface area contributed by atoms with E-state index in [4.69, 9.17) is 37.4 Å². The van der Waals surface area contributed by atoms with Gasteiger partial charge in [0.1, 0.15) is 35.7 Å². The topological polar surface area (TPSA) is 159 Å². The van der Waals surface area contributed by atoms with Gasteiger partial charge in [0.2, 0.25) is 12.2 Å². The number of nitrogens with one attached hydrogen (secondary N) is 2. The number of methoxy groups -OCH3 is 1. The number of aliphatic hydroxyl groups excluding tert-OH is 3. The number of aliphatic hydroxyl groups is 3. The molecule has 1 aromatic heterocycles. The Kier molecular flexibility index (Phi) is 8.56. The predicted octanol–water partition coefficient (Wildman–Crippen LogP) is 2.39. The number of nitrogens with zero attached hydrogens (tertiary/aromatic N) is 1. The number of esters is 1. The van der Waals surface area contributed by atoms with Crippen molar-refractivity contribution in [2.45, 2.75) is 37.6 Å². The number of carbonyl (C=O) groups is 2. The van der Waals surface area contributed by atoms with Gasteiger partial charge in [0.05, 0.1) is 35.0 Å². The number of halogens is 2. The van der Waals surface area contributed by atoms with Crippen molar-refractivity contribution in [2.24, 2.45) is 0 Å². The van der Waals surface area contributed by atoms with E-state index in [1.165, 1.54) is 20.2 Å². The first-order valence-electron chi connectivity index (χ1n) is 11.4. The molecule has 0 spiro atoms. The largest absolute Gasteiger partial charge is 0.465 e. The molecule has 0 aliphatic carbocycles. The molecule has 202 valence electrons. The molecule has 0 bridgehead atoms. The molecular formula is C25H25Cl2N3O8. The first-order valence-corrected chi connectivity index (χ1v) is 12.2. The summed E-state index contributed by atoms with van der Waals surface area (Å²) >= 11 is 12.4. The molecule has 1 fully saturated rings. The molecule has 2 heterocycles. The minimum Gasteiger partial charge on any atom is -0.465 e. The van der Waals surface area contributed by atoms with Gasteiger partial charge in [0.25, 0.3) is 0 Å². The summed E-state index contributed by atoms with van der Waals surface area (Å²) in [5, 5.41) is 36.9. The molecule has 5 N–H and O–H groups in total. The van der Waals surface area contributed by atoms with E-state index in [-0.39, 0.29) is 10.6 Å². The van der Waals surface area contributed by atoms with E-state index in [0.29, 0.717) is 33.0 Å². The number of amides is 1. The summed E-state index contributed by atoms with van der Waals surface area (Å²) in [5.41, 5.74) is 1.54. The van der Waals surface area contributed by atoms with E-state index in [1.54, 1.807) is 36.4 Å². The van der Waals surface area contributed by atoms with Crippen LogP contribution in [-0.4, -0.2) is 76.5 Å². The van der Waals surface area contributed by atoms with Gasteiger partial charge in [-0.15, -0.1) is 0 Å². The molecule has 3 aromatic rings. The lowest BCUT2D eigenvalue weighted by Crippen LogP contribution is -2.65. The molecular weight excluding hydrogens is 541 g/mol. The molecule has 1 aliphatic rings. The van der Waals surface area contributed by atoms with Crippen LogP contribution in [0, 0.1) is 0 Å². The zero-order valence-electron chi connectivity index (χ0n) is 20.2. The maximum atomic E-state index is 12.4. The lowest BCUT2D eigenvalue weighted by atomic mass is 9.97. The van der Waals surface area contributed by atoms with Gasteiger partial charge in [0.15, 0.2) is 0 Å². The average Bonchev–Trinajstić information content (AvgIpc) is 2.91. The number of pyridine rings is 1.